The van der Waals surface area contributed by atoms with Gasteiger partial charge in [0, 0.05) is 29.7 Å². The van der Waals surface area contributed by atoms with Gasteiger partial charge in [0.1, 0.15) is 18.2 Å². The molecule has 19 heavy (non-hydrogen) atoms. The summed E-state index contributed by atoms with van der Waals surface area (Å²) >= 11 is 3.24. The van der Waals surface area contributed by atoms with Crippen molar-refractivity contribution in [2.45, 2.75) is 18.9 Å². The Morgan fingerprint density at radius 2 is 2.21 bits per heavy atom. The Labute approximate surface area is 127 Å². The summed E-state index contributed by atoms with van der Waals surface area (Å²) in [6, 6.07) is 4.86. The molecule has 0 amide bonds. The number of ether oxygens (including phenoxy) is 1. The lowest BCUT2D eigenvalue weighted by Gasteiger charge is -2.30. The number of nitrogens with two attached hydrogens (primary N) is 1. The average Bonchev–Trinajstić information content (AvgIpc) is 2.27. The standard InChI is InChI=1S/C13H18BrFN2O.ClH/c14-10-6-11(15)8-13(7-10)18-5-4-17-3-1-2-12(16)9-17;/h6-8,12H,1-5,9,16H2;1H. The maximum atomic E-state index is 13.1. The molecule has 108 valence electrons. The SMILES string of the molecule is Cl.NC1CCCN(CCOc2cc(F)cc(Br)c2)C1. The molecule has 0 aliphatic carbocycles. The van der Waals surface area contributed by atoms with E-state index < -0.39 is 0 Å². The number of nitrogens with zero attached hydrogens (tertiary/aromatic N) is 1. The van der Waals surface area contributed by atoms with Crippen LogP contribution in [0.3, 0.4) is 0 Å². The second-order valence-electron chi connectivity index (χ2n) is 4.66. The lowest BCUT2D eigenvalue weighted by atomic mass is 10.1. The van der Waals surface area contributed by atoms with Crippen molar-refractivity contribution in [2.75, 3.05) is 26.2 Å². The van der Waals surface area contributed by atoms with Gasteiger partial charge in [0.15, 0.2) is 0 Å². The Hall–Kier alpha value is -0.360. The number of piperidine rings is 1. The van der Waals surface area contributed by atoms with Crippen molar-refractivity contribution in [3.63, 3.8) is 0 Å². The Kier molecular flexibility index (Phi) is 7.07. The van der Waals surface area contributed by atoms with E-state index in [0.29, 0.717) is 16.8 Å². The maximum absolute atomic E-state index is 13.1. The van der Waals surface area contributed by atoms with Crippen molar-refractivity contribution >= 4 is 28.3 Å². The van der Waals surface area contributed by atoms with Gasteiger partial charge in [0.2, 0.25) is 0 Å². The minimum Gasteiger partial charge on any atom is -0.492 e. The fraction of sp³-hybridized carbons (Fsp3) is 0.538. The van der Waals surface area contributed by atoms with E-state index in [1.807, 2.05) is 0 Å². The first-order valence-electron chi connectivity index (χ1n) is 6.20. The minimum atomic E-state index is -0.292. The van der Waals surface area contributed by atoms with E-state index in [1.165, 1.54) is 12.1 Å². The van der Waals surface area contributed by atoms with Gasteiger partial charge in [-0.3, -0.25) is 4.90 Å². The lowest BCUT2D eigenvalue weighted by molar-refractivity contribution is 0.171. The molecule has 1 fully saturated rings. The average molecular weight is 354 g/mol. The van der Waals surface area contributed by atoms with E-state index in [1.54, 1.807) is 6.07 Å². The molecule has 1 saturated heterocycles. The van der Waals surface area contributed by atoms with Crippen LogP contribution in [0.15, 0.2) is 22.7 Å². The molecule has 0 bridgehead atoms. The molecule has 0 spiro atoms. The normalized spacial score (nSPS) is 19.8. The molecule has 0 radical (unpaired) electrons. The first-order chi connectivity index (χ1) is 8.63. The summed E-state index contributed by atoms with van der Waals surface area (Å²) < 4.78 is 19.4. The third-order valence-corrected chi connectivity index (χ3v) is 3.51. The molecule has 2 N–H and O–H groups in total. The van der Waals surface area contributed by atoms with Gasteiger partial charge in [0.25, 0.3) is 0 Å². The smallest absolute Gasteiger partial charge is 0.128 e. The zero-order chi connectivity index (χ0) is 13.0. The molecule has 1 aromatic carbocycles. The van der Waals surface area contributed by atoms with Crippen LogP contribution < -0.4 is 10.5 Å². The molecule has 1 heterocycles. The number of hydrogen-bond donors (Lipinski definition) is 1. The molecule has 1 aliphatic heterocycles. The number of hydrogen-bond acceptors (Lipinski definition) is 3. The topological polar surface area (TPSA) is 38.5 Å². The van der Waals surface area contributed by atoms with Gasteiger partial charge in [-0.2, -0.15) is 0 Å². The monoisotopic (exact) mass is 352 g/mol. The van der Waals surface area contributed by atoms with Crippen LogP contribution in [-0.2, 0) is 0 Å². The van der Waals surface area contributed by atoms with Crippen molar-refractivity contribution < 1.29 is 9.13 Å². The molecule has 0 saturated carbocycles. The Morgan fingerprint density at radius 1 is 1.42 bits per heavy atom. The highest BCUT2D eigenvalue weighted by atomic mass is 79.9. The van der Waals surface area contributed by atoms with Gasteiger partial charge in [-0.15, -0.1) is 12.4 Å². The zero-order valence-electron chi connectivity index (χ0n) is 10.6. The fourth-order valence-corrected chi connectivity index (χ4v) is 2.64. The van der Waals surface area contributed by atoms with E-state index in [-0.39, 0.29) is 24.3 Å². The first kappa shape index (κ1) is 16.7. The number of halogens is 3. The molecule has 6 heteroatoms. The Bertz CT molecular complexity index is 388. The van der Waals surface area contributed by atoms with Crippen molar-refractivity contribution in [3.8, 4) is 5.75 Å². The number of benzene rings is 1. The molecular formula is C13H19BrClFN2O. The first-order valence-corrected chi connectivity index (χ1v) is 6.99. The van der Waals surface area contributed by atoms with Crippen LogP contribution in [0.4, 0.5) is 4.39 Å². The molecule has 1 unspecified atom stereocenters. The van der Waals surface area contributed by atoms with E-state index in [4.69, 9.17) is 10.5 Å². The summed E-state index contributed by atoms with van der Waals surface area (Å²) in [5, 5.41) is 0. The van der Waals surface area contributed by atoms with E-state index in [0.717, 1.165) is 32.5 Å². The van der Waals surface area contributed by atoms with Crippen molar-refractivity contribution in [2.24, 2.45) is 5.73 Å². The molecule has 1 aliphatic rings. The second kappa shape index (κ2) is 8.04. The highest BCUT2D eigenvalue weighted by Crippen LogP contribution is 2.20. The van der Waals surface area contributed by atoms with Crippen molar-refractivity contribution in [1.82, 2.24) is 4.90 Å². The van der Waals surface area contributed by atoms with Gasteiger partial charge < -0.3 is 10.5 Å². The molecular weight excluding hydrogens is 335 g/mol. The van der Waals surface area contributed by atoms with Gasteiger partial charge in [-0.05, 0) is 31.5 Å². The second-order valence-corrected chi connectivity index (χ2v) is 5.57. The summed E-state index contributed by atoms with van der Waals surface area (Å²) in [4.78, 5) is 2.29. The zero-order valence-corrected chi connectivity index (χ0v) is 13.1. The maximum Gasteiger partial charge on any atom is 0.128 e. The third kappa shape index (κ3) is 5.65. The van der Waals surface area contributed by atoms with Crippen molar-refractivity contribution in [1.29, 1.82) is 0 Å². The predicted molar refractivity (Wildman–Crippen MR) is 80.5 cm³/mol. The molecule has 0 aromatic heterocycles. The van der Waals surface area contributed by atoms with E-state index in [9.17, 15) is 4.39 Å². The molecule has 3 nitrogen and oxygen atoms in total. The van der Waals surface area contributed by atoms with E-state index >= 15 is 0 Å². The Balaban J connectivity index is 0.00000180. The van der Waals surface area contributed by atoms with E-state index in [2.05, 4.69) is 20.8 Å². The summed E-state index contributed by atoms with van der Waals surface area (Å²) in [5.41, 5.74) is 5.91. The van der Waals surface area contributed by atoms with Gasteiger partial charge in [-0.25, -0.2) is 4.39 Å². The minimum absolute atomic E-state index is 0. The lowest BCUT2D eigenvalue weighted by Crippen LogP contribution is -2.44. The quantitative estimate of drug-likeness (QED) is 0.904. The Morgan fingerprint density at radius 3 is 2.89 bits per heavy atom. The summed E-state index contributed by atoms with van der Waals surface area (Å²) in [6.07, 6.45) is 2.25. The van der Waals surface area contributed by atoms with Crippen LogP contribution in [0, 0.1) is 5.82 Å². The molecule has 1 aromatic rings. The highest BCUT2D eigenvalue weighted by molar-refractivity contribution is 9.10. The van der Waals surface area contributed by atoms with Crippen LogP contribution in [0.1, 0.15) is 12.8 Å². The van der Waals surface area contributed by atoms with Crippen molar-refractivity contribution in [3.05, 3.63) is 28.5 Å². The molecule has 2 rings (SSSR count). The molecule has 1 atom stereocenters. The van der Waals surface area contributed by atoms with Gasteiger partial charge >= 0.3 is 0 Å². The summed E-state index contributed by atoms with van der Waals surface area (Å²) in [7, 11) is 0. The van der Waals surface area contributed by atoms with Gasteiger partial charge in [0.05, 0.1) is 0 Å². The number of likely N-dealkylation sites (tertiary alicyclic amines) is 1. The van der Waals surface area contributed by atoms with Gasteiger partial charge in [-0.1, -0.05) is 15.9 Å². The number of rotatable bonds is 4. The predicted octanol–water partition coefficient (Wildman–Crippen LogP) is 2.81. The van der Waals surface area contributed by atoms with Crippen LogP contribution >= 0.6 is 28.3 Å². The summed E-state index contributed by atoms with van der Waals surface area (Å²) in [5.74, 6) is 0.266. The largest absolute Gasteiger partial charge is 0.492 e. The summed E-state index contributed by atoms with van der Waals surface area (Å²) in [6.45, 7) is 3.39. The van der Waals surface area contributed by atoms with Crippen LogP contribution in [0.5, 0.6) is 5.75 Å². The highest BCUT2D eigenvalue weighted by Gasteiger charge is 2.16. The fourth-order valence-electron chi connectivity index (χ4n) is 2.20. The van der Waals surface area contributed by atoms with Crippen LogP contribution in [0.25, 0.3) is 0 Å². The van der Waals surface area contributed by atoms with Crippen LogP contribution in [-0.4, -0.2) is 37.2 Å². The third-order valence-electron chi connectivity index (χ3n) is 3.05. The van der Waals surface area contributed by atoms with Crippen LogP contribution in [0.2, 0.25) is 0 Å².